The van der Waals surface area contributed by atoms with Crippen molar-refractivity contribution < 1.29 is 4.74 Å². The van der Waals surface area contributed by atoms with E-state index in [9.17, 15) is 0 Å². The van der Waals surface area contributed by atoms with Crippen LogP contribution >= 0.6 is 0 Å². The minimum absolute atomic E-state index is 0.204. The van der Waals surface area contributed by atoms with Gasteiger partial charge in [-0.1, -0.05) is 19.3 Å². The van der Waals surface area contributed by atoms with E-state index < -0.39 is 0 Å². The fourth-order valence-electron chi connectivity index (χ4n) is 3.50. The Kier molecular flexibility index (Phi) is 3.93. The summed E-state index contributed by atoms with van der Waals surface area (Å²) in [6.07, 6.45) is 9.27. The number of rotatable bonds is 3. The second-order valence-electron chi connectivity index (χ2n) is 6.09. The Morgan fingerprint density at radius 2 is 1.90 bits per heavy atom. The van der Waals surface area contributed by atoms with Gasteiger partial charge in [0.1, 0.15) is 0 Å². The van der Waals surface area contributed by atoms with Gasteiger partial charge in [-0.2, -0.15) is 5.26 Å². The maximum atomic E-state index is 8.78. The SMILES string of the molecule is N#Cc1ccc(NCC2CCC3(CCCCC3)O2)cc1. The molecule has 1 aromatic rings. The molecule has 0 amide bonds. The van der Waals surface area contributed by atoms with Crippen molar-refractivity contribution in [1.82, 2.24) is 0 Å². The van der Waals surface area contributed by atoms with E-state index >= 15 is 0 Å². The normalized spacial score (nSPS) is 24.4. The van der Waals surface area contributed by atoms with Gasteiger partial charge in [0.05, 0.1) is 23.3 Å². The molecule has 2 aliphatic rings. The molecule has 1 unspecified atom stereocenters. The Hall–Kier alpha value is -1.53. The second kappa shape index (κ2) is 5.85. The van der Waals surface area contributed by atoms with Crippen LogP contribution in [0.15, 0.2) is 24.3 Å². The van der Waals surface area contributed by atoms with Crippen molar-refractivity contribution in [2.24, 2.45) is 0 Å². The van der Waals surface area contributed by atoms with E-state index in [0.29, 0.717) is 11.7 Å². The summed E-state index contributed by atoms with van der Waals surface area (Å²) in [5, 5.41) is 12.2. The highest BCUT2D eigenvalue weighted by atomic mass is 16.5. The monoisotopic (exact) mass is 270 g/mol. The van der Waals surface area contributed by atoms with Crippen LogP contribution in [0.1, 0.15) is 50.5 Å². The number of nitrogens with one attached hydrogen (secondary N) is 1. The van der Waals surface area contributed by atoms with Crippen LogP contribution in [0.3, 0.4) is 0 Å². The summed E-state index contributed by atoms with van der Waals surface area (Å²) in [7, 11) is 0. The van der Waals surface area contributed by atoms with E-state index in [4.69, 9.17) is 10.00 Å². The van der Waals surface area contributed by atoms with Gasteiger partial charge in [0.15, 0.2) is 0 Å². The van der Waals surface area contributed by atoms with Gasteiger partial charge in [0.25, 0.3) is 0 Å². The van der Waals surface area contributed by atoms with Gasteiger partial charge in [-0.25, -0.2) is 0 Å². The molecular weight excluding hydrogens is 248 g/mol. The van der Waals surface area contributed by atoms with Gasteiger partial charge in [-0.15, -0.1) is 0 Å². The molecule has 1 spiro atoms. The molecule has 1 aliphatic carbocycles. The molecule has 0 radical (unpaired) electrons. The summed E-state index contributed by atoms with van der Waals surface area (Å²) in [6.45, 7) is 0.869. The van der Waals surface area contributed by atoms with Crippen LogP contribution in [0.4, 0.5) is 5.69 Å². The van der Waals surface area contributed by atoms with Crippen LogP contribution in [0, 0.1) is 11.3 Å². The lowest BCUT2D eigenvalue weighted by Gasteiger charge is -2.33. The van der Waals surface area contributed by atoms with E-state index in [1.54, 1.807) is 0 Å². The number of hydrogen-bond donors (Lipinski definition) is 1. The van der Waals surface area contributed by atoms with E-state index in [1.165, 1.54) is 44.9 Å². The van der Waals surface area contributed by atoms with E-state index in [1.807, 2.05) is 24.3 Å². The van der Waals surface area contributed by atoms with Crippen LogP contribution < -0.4 is 5.32 Å². The molecule has 1 atom stereocenters. The Bertz CT molecular complexity index is 483. The Balaban J connectivity index is 1.50. The lowest BCUT2D eigenvalue weighted by atomic mass is 9.83. The minimum Gasteiger partial charge on any atom is -0.382 e. The Labute approximate surface area is 120 Å². The predicted octanol–water partition coefficient (Wildman–Crippen LogP) is 3.85. The molecule has 20 heavy (non-hydrogen) atoms. The Morgan fingerprint density at radius 3 is 2.60 bits per heavy atom. The van der Waals surface area contributed by atoms with Gasteiger partial charge < -0.3 is 10.1 Å². The zero-order chi connectivity index (χ0) is 13.8. The number of ether oxygens (including phenoxy) is 1. The molecule has 3 rings (SSSR count). The van der Waals surface area contributed by atoms with E-state index in [0.717, 1.165) is 12.2 Å². The molecule has 1 saturated carbocycles. The highest BCUT2D eigenvalue weighted by Crippen LogP contribution is 2.41. The fourth-order valence-corrected chi connectivity index (χ4v) is 3.50. The minimum atomic E-state index is 0.204. The summed E-state index contributed by atoms with van der Waals surface area (Å²) >= 11 is 0. The van der Waals surface area contributed by atoms with Crippen molar-refractivity contribution in [1.29, 1.82) is 5.26 Å². The van der Waals surface area contributed by atoms with Crippen molar-refractivity contribution in [2.45, 2.75) is 56.7 Å². The van der Waals surface area contributed by atoms with Crippen molar-refractivity contribution >= 4 is 5.69 Å². The third-order valence-electron chi connectivity index (χ3n) is 4.65. The average molecular weight is 270 g/mol. The standard InChI is InChI=1S/C17H22N2O/c18-12-14-4-6-15(7-5-14)19-13-16-8-11-17(20-16)9-2-1-3-10-17/h4-7,16,19H,1-3,8-11,13H2. The molecule has 3 nitrogen and oxygen atoms in total. The maximum absolute atomic E-state index is 8.78. The van der Waals surface area contributed by atoms with Crippen molar-refractivity contribution in [3.63, 3.8) is 0 Å². The third-order valence-corrected chi connectivity index (χ3v) is 4.65. The maximum Gasteiger partial charge on any atom is 0.0991 e. The van der Waals surface area contributed by atoms with Gasteiger partial charge in [0.2, 0.25) is 0 Å². The largest absolute Gasteiger partial charge is 0.382 e. The van der Waals surface area contributed by atoms with Crippen LogP contribution in [0.2, 0.25) is 0 Å². The molecular formula is C17H22N2O. The van der Waals surface area contributed by atoms with E-state index in [-0.39, 0.29) is 5.60 Å². The van der Waals surface area contributed by atoms with Gasteiger partial charge in [-0.05, 0) is 49.9 Å². The predicted molar refractivity (Wildman–Crippen MR) is 79.6 cm³/mol. The first-order chi connectivity index (χ1) is 9.80. The molecule has 106 valence electrons. The summed E-state index contributed by atoms with van der Waals surface area (Å²) in [6, 6.07) is 9.76. The van der Waals surface area contributed by atoms with Crippen molar-refractivity contribution in [2.75, 3.05) is 11.9 Å². The molecule has 2 fully saturated rings. The highest BCUT2D eigenvalue weighted by molar-refractivity contribution is 5.47. The van der Waals surface area contributed by atoms with Gasteiger partial charge >= 0.3 is 0 Å². The summed E-state index contributed by atoms with van der Waals surface area (Å²) in [4.78, 5) is 0. The van der Waals surface area contributed by atoms with Crippen molar-refractivity contribution in [3.8, 4) is 6.07 Å². The highest BCUT2D eigenvalue weighted by Gasteiger charge is 2.40. The summed E-state index contributed by atoms with van der Waals surface area (Å²) in [5.41, 5.74) is 1.97. The third kappa shape index (κ3) is 2.96. The molecule has 1 aliphatic heterocycles. The lowest BCUT2D eigenvalue weighted by molar-refractivity contribution is -0.0588. The Morgan fingerprint density at radius 1 is 1.15 bits per heavy atom. The van der Waals surface area contributed by atoms with Crippen LogP contribution in [-0.2, 0) is 4.74 Å². The van der Waals surface area contributed by atoms with Gasteiger partial charge in [0, 0.05) is 12.2 Å². The number of nitriles is 1. The molecule has 0 aromatic heterocycles. The molecule has 1 N–H and O–H groups in total. The van der Waals surface area contributed by atoms with Crippen molar-refractivity contribution in [3.05, 3.63) is 29.8 Å². The smallest absolute Gasteiger partial charge is 0.0991 e. The second-order valence-corrected chi connectivity index (χ2v) is 6.09. The molecule has 1 aromatic carbocycles. The number of nitrogens with zero attached hydrogens (tertiary/aromatic N) is 1. The lowest BCUT2D eigenvalue weighted by Crippen LogP contribution is -2.33. The first-order valence-corrected chi connectivity index (χ1v) is 7.72. The van der Waals surface area contributed by atoms with Crippen LogP contribution in [-0.4, -0.2) is 18.2 Å². The fraction of sp³-hybridized carbons (Fsp3) is 0.588. The molecule has 0 bridgehead atoms. The topological polar surface area (TPSA) is 45.0 Å². The van der Waals surface area contributed by atoms with Crippen LogP contribution in [0.5, 0.6) is 0 Å². The number of anilines is 1. The number of benzene rings is 1. The van der Waals surface area contributed by atoms with E-state index in [2.05, 4.69) is 11.4 Å². The summed E-state index contributed by atoms with van der Waals surface area (Å²) in [5.74, 6) is 0. The molecule has 1 saturated heterocycles. The zero-order valence-corrected chi connectivity index (χ0v) is 11.9. The average Bonchev–Trinajstić information content (AvgIpc) is 2.89. The molecule has 3 heteroatoms. The van der Waals surface area contributed by atoms with Gasteiger partial charge in [-0.3, -0.25) is 0 Å². The quantitative estimate of drug-likeness (QED) is 0.907. The van der Waals surface area contributed by atoms with Crippen LogP contribution in [0.25, 0.3) is 0 Å². The summed E-state index contributed by atoms with van der Waals surface area (Å²) < 4.78 is 6.34. The first-order valence-electron chi connectivity index (χ1n) is 7.72. The molecule has 1 heterocycles. The zero-order valence-electron chi connectivity index (χ0n) is 11.9. The number of hydrogen-bond acceptors (Lipinski definition) is 3. The first kappa shape index (κ1) is 13.5.